The van der Waals surface area contributed by atoms with Crippen LogP contribution in [-0.4, -0.2) is 39.7 Å². The number of rotatable bonds is 6. The first-order valence-corrected chi connectivity index (χ1v) is 8.28. The number of phenolic OH excluding ortho intramolecular Hbond substituents is 1. The summed E-state index contributed by atoms with van der Waals surface area (Å²) in [6.45, 7) is 4.25. The first kappa shape index (κ1) is 17.0. The average molecular weight is 343 g/mol. The second-order valence-corrected chi connectivity index (χ2v) is 6.30. The molecule has 1 aromatic carbocycles. The Morgan fingerprint density at radius 2 is 2.20 bits per heavy atom. The number of ether oxygens (including phenoxy) is 1. The molecule has 3 rings (SSSR count). The van der Waals surface area contributed by atoms with Gasteiger partial charge < -0.3 is 9.84 Å². The van der Waals surface area contributed by atoms with Gasteiger partial charge in [-0.25, -0.2) is 4.68 Å². The van der Waals surface area contributed by atoms with Crippen LogP contribution in [0.15, 0.2) is 30.5 Å². The highest BCUT2D eigenvalue weighted by molar-refractivity contribution is 5.95. The van der Waals surface area contributed by atoms with E-state index in [9.17, 15) is 14.7 Å². The van der Waals surface area contributed by atoms with E-state index in [4.69, 9.17) is 4.74 Å². The summed E-state index contributed by atoms with van der Waals surface area (Å²) in [4.78, 5) is 25.2. The fourth-order valence-corrected chi connectivity index (χ4v) is 3.07. The molecular formula is C18H21N3O4. The van der Waals surface area contributed by atoms with Crippen LogP contribution in [0.3, 0.4) is 0 Å². The quantitative estimate of drug-likeness (QED) is 0.815. The highest BCUT2D eigenvalue weighted by Crippen LogP contribution is 2.30. The third-order valence-electron chi connectivity index (χ3n) is 4.30. The second kappa shape index (κ2) is 6.96. The normalized spacial score (nSPS) is 17.3. The molecule has 2 heterocycles. The van der Waals surface area contributed by atoms with Crippen molar-refractivity contribution in [2.45, 2.75) is 38.8 Å². The summed E-state index contributed by atoms with van der Waals surface area (Å²) in [5.41, 5.74) is 0.116. The molecule has 2 aromatic rings. The maximum Gasteiger partial charge on any atom is 0.228 e. The van der Waals surface area contributed by atoms with Crippen LogP contribution in [0.4, 0.5) is 5.82 Å². The number of hydrogen-bond acceptors (Lipinski definition) is 5. The number of aromatic hydroxyl groups is 1. The molecule has 132 valence electrons. The SMILES string of the molecule is CC(C)n1nccc1N1C(=O)CC[C@H]1COc1cccc(O)c1C=O. The summed E-state index contributed by atoms with van der Waals surface area (Å²) in [6.07, 6.45) is 3.35. The number of anilines is 1. The third-order valence-corrected chi connectivity index (χ3v) is 4.30. The Morgan fingerprint density at radius 3 is 2.92 bits per heavy atom. The summed E-state index contributed by atoms with van der Waals surface area (Å²) in [5.74, 6) is 0.969. The van der Waals surface area contributed by atoms with Crippen LogP contribution < -0.4 is 9.64 Å². The van der Waals surface area contributed by atoms with Gasteiger partial charge in [0.05, 0.1) is 17.8 Å². The topological polar surface area (TPSA) is 84.7 Å². The van der Waals surface area contributed by atoms with Crippen LogP contribution in [0.25, 0.3) is 0 Å². The Labute approximate surface area is 145 Å². The summed E-state index contributed by atoms with van der Waals surface area (Å²) in [5, 5.41) is 14.0. The van der Waals surface area contributed by atoms with E-state index in [2.05, 4.69) is 5.10 Å². The summed E-state index contributed by atoms with van der Waals surface area (Å²) < 4.78 is 7.56. The van der Waals surface area contributed by atoms with Gasteiger partial charge in [-0.3, -0.25) is 14.5 Å². The van der Waals surface area contributed by atoms with Gasteiger partial charge in [0.25, 0.3) is 0 Å². The number of phenols is 1. The zero-order chi connectivity index (χ0) is 18.0. The first-order chi connectivity index (χ1) is 12.0. The van der Waals surface area contributed by atoms with Crippen molar-refractivity contribution in [3.63, 3.8) is 0 Å². The number of nitrogens with zero attached hydrogens (tertiary/aromatic N) is 3. The van der Waals surface area contributed by atoms with Gasteiger partial charge in [0, 0.05) is 18.5 Å². The molecule has 0 radical (unpaired) electrons. The lowest BCUT2D eigenvalue weighted by Gasteiger charge is -2.26. The summed E-state index contributed by atoms with van der Waals surface area (Å²) in [7, 11) is 0. The molecule has 1 aliphatic heterocycles. The minimum absolute atomic E-state index is 0.0301. The minimum atomic E-state index is -0.149. The van der Waals surface area contributed by atoms with Gasteiger partial charge >= 0.3 is 0 Å². The monoisotopic (exact) mass is 343 g/mol. The number of carbonyl (C=O) groups is 2. The second-order valence-electron chi connectivity index (χ2n) is 6.30. The highest BCUT2D eigenvalue weighted by atomic mass is 16.5. The fraction of sp³-hybridized carbons (Fsp3) is 0.389. The largest absolute Gasteiger partial charge is 0.507 e. The Balaban J connectivity index is 1.80. The van der Waals surface area contributed by atoms with Crippen LogP contribution in [0.2, 0.25) is 0 Å². The Kier molecular flexibility index (Phi) is 4.74. The number of aldehydes is 1. The molecule has 0 unspecified atom stereocenters. The van der Waals surface area contributed by atoms with Crippen LogP contribution in [0, 0.1) is 0 Å². The van der Waals surface area contributed by atoms with Gasteiger partial charge in [0.2, 0.25) is 5.91 Å². The van der Waals surface area contributed by atoms with Crippen LogP contribution in [0.5, 0.6) is 11.5 Å². The van der Waals surface area contributed by atoms with Gasteiger partial charge in [0.1, 0.15) is 23.9 Å². The van der Waals surface area contributed by atoms with Crippen molar-refractivity contribution < 1.29 is 19.4 Å². The van der Waals surface area contributed by atoms with E-state index < -0.39 is 0 Å². The average Bonchev–Trinajstić information content (AvgIpc) is 3.19. The molecule has 7 heteroatoms. The molecular weight excluding hydrogens is 322 g/mol. The Morgan fingerprint density at radius 1 is 1.40 bits per heavy atom. The van der Waals surface area contributed by atoms with E-state index in [-0.39, 0.29) is 35.9 Å². The number of aromatic nitrogens is 2. The van der Waals surface area contributed by atoms with Crippen LogP contribution in [0.1, 0.15) is 43.1 Å². The molecule has 1 N–H and O–H groups in total. The van der Waals surface area contributed by atoms with Gasteiger partial charge in [-0.2, -0.15) is 5.10 Å². The number of carbonyl (C=O) groups excluding carboxylic acids is 2. The predicted molar refractivity (Wildman–Crippen MR) is 92.1 cm³/mol. The molecule has 0 saturated carbocycles. The predicted octanol–water partition coefficient (Wildman–Crippen LogP) is 2.56. The maximum absolute atomic E-state index is 12.4. The molecule has 7 nitrogen and oxygen atoms in total. The fourth-order valence-electron chi connectivity index (χ4n) is 3.07. The number of amides is 1. The molecule has 1 fully saturated rings. The van der Waals surface area contributed by atoms with Crippen molar-refractivity contribution in [2.75, 3.05) is 11.5 Å². The van der Waals surface area contributed by atoms with E-state index in [0.29, 0.717) is 24.9 Å². The van der Waals surface area contributed by atoms with Crippen LogP contribution >= 0.6 is 0 Å². The lowest BCUT2D eigenvalue weighted by Crippen LogP contribution is -2.38. The van der Waals surface area contributed by atoms with Gasteiger partial charge in [-0.05, 0) is 32.4 Å². The molecule has 1 saturated heterocycles. The standard InChI is InChI=1S/C18H21N3O4/c1-12(2)21-17(8-9-19-21)20-13(6-7-18(20)24)11-25-16-5-3-4-15(23)14(16)10-22/h3-5,8-10,12-13,23H,6-7,11H2,1-2H3/t13-/m0/s1. The summed E-state index contributed by atoms with van der Waals surface area (Å²) >= 11 is 0. The molecule has 1 atom stereocenters. The van der Waals surface area contributed by atoms with Crippen molar-refractivity contribution in [3.05, 3.63) is 36.0 Å². The van der Waals surface area contributed by atoms with Crippen molar-refractivity contribution in [1.29, 1.82) is 0 Å². The molecule has 0 bridgehead atoms. The van der Waals surface area contributed by atoms with Gasteiger partial charge in [-0.1, -0.05) is 6.07 Å². The highest BCUT2D eigenvalue weighted by Gasteiger charge is 2.35. The Hall–Kier alpha value is -2.83. The Bertz CT molecular complexity index is 784. The van der Waals surface area contributed by atoms with E-state index in [1.807, 2.05) is 19.9 Å². The molecule has 1 aliphatic rings. The zero-order valence-corrected chi connectivity index (χ0v) is 14.3. The zero-order valence-electron chi connectivity index (χ0n) is 14.3. The van der Waals surface area contributed by atoms with Gasteiger partial charge in [0.15, 0.2) is 6.29 Å². The van der Waals surface area contributed by atoms with E-state index in [0.717, 1.165) is 5.82 Å². The van der Waals surface area contributed by atoms with Crippen molar-refractivity contribution in [3.8, 4) is 11.5 Å². The molecule has 0 aliphatic carbocycles. The van der Waals surface area contributed by atoms with Crippen molar-refractivity contribution in [1.82, 2.24) is 9.78 Å². The van der Waals surface area contributed by atoms with Crippen molar-refractivity contribution in [2.24, 2.45) is 0 Å². The lowest BCUT2D eigenvalue weighted by atomic mass is 10.2. The van der Waals surface area contributed by atoms with Gasteiger partial charge in [-0.15, -0.1) is 0 Å². The first-order valence-electron chi connectivity index (χ1n) is 8.28. The van der Waals surface area contributed by atoms with Crippen LogP contribution in [-0.2, 0) is 4.79 Å². The van der Waals surface area contributed by atoms with E-state index >= 15 is 0 Å². The van der Waals surface area contributed by atoms with E-state index in [1.54, 1.807) is 27.9 Å². The maximum atomic E-state index is 12.4. The molecule has 1 aromatic heterocycles. The minimum Gasteiger partial charge on any atom is -0.507 e. The van der Waals surface area contributed by atoms with Crippen molar-refractivity contribution >= 4 is 18.0 Å². The number of hydrogen-bond donors (Lipinski definition) is 1. The van der Waals surface area contributed by atoms with E-state index in [1.165, 1.54) is 6.07 Å². The molecule has 1 amide bonds. The molecule has 0 spiro atoms. The lowest BCUT2D eigenvalue weighted by molar-refractivity contribution is -0.117. The number of benzene rings is 1. The smallest absolute Gasteiger partial charge is 0.228 e. The molecule has 25 heavy (non-hydrogen) atoms. The summed E-state index contributed by atoms with van der Waals surface area (Å²) in [6, 6.07) is 6.48. The third kappa shape index (κ3) is 3.22.